The van der Waals surface area contributed by atoms with Gasteiger partial charge in [0.15, 0.2) is 0 Å². The Kier molecular flexibility index (Phi) is 7.67. The van der Waals surface area contributed by atoms with Crippen LogP contribution in [-0.4, -0.2) is 19.9 Å². The highest BCUT2D eigenvalue weighted by Crippen LogP contribution is 2.06. The smallest absolute Gasteiger partial charge is 0.0889 e. The zero-order valence-electron chi connectivity index (χ0n) is 10.4. The Morgan fingerprint density at radius 3 is 2.00 bits per heavy atom. The lowest BCUT2D eigenvalue weighted by molar-refractivity contribution is 1.12. The molecule has 0 radical (unpaired) electrons. The lowest BCUT2D eigenvalue weighted by Gasteiger charge is -1.95. The van der Waals surface area contributed by atoms with Gasteiger partial charge in [0.1, 0.15) is 0 Å². The van der Waals surface area contributed by atoms with Crippen LogP contribution in [0.15, 0.2) is 49.1 Å². The second kappa shape index (κ2) is 8.69. The van der Waals surface area contributed by atoms with E-state index in [4.69, 9.17) is 0 Å². The Bertz CT molecular complexity index is 623. The van der Waals surface area contributed by atoms with Gasteiger partial charge in [-0.1, -0.05) is 27.0 Å². The Labute approximate surface area is 121 Å². The molecule has 0 bridgehead atoms. The summed E-state index contributed by atoms with van der Waals surface area (Å²) in [4.78, 5) is 16.3. The molecular formula is C16H22N4. The first-order valence-corrected chi connectivity index (χ1v) is 5.67. The molecular weight excluding hydrogens is 248 g/mol. The quantitative estimate of drug-likeness (QED) is 0.619. The average Bonchev–Trinajstić information content (AvgIpc) is 2.40. The molecule has 0 unspecified atom stereocenters. The van der Waals surface area contributed by atoms with Gasteiger partial charge in [-0.15, -0.1) is 0 Å². The molecule has 2 aromatic heterocycles. The first-order chi connectivity index (χ1) is 8.75. The zero-order valence-corrected chi connectivity index (χ0v) is 10.4. The number of fused-ring (bicyclic) bond motifs is 1. The number of nitrogens with zero attached hydrogens (tertiary/aromatic N) is 4. The van der Waals surface area contributed by atoms with Gasteiger partial charge in [0, 0.05) is 24.8 Å². The molecule has 0 aliphatic carbocycles. The molecule has 1 aromatic carbocycles. The normalized spacial score (nSPS) is 8.70. The van der Waals surface area contributed by atoms with Crippen molar-refractivity contribution in [3.05, 3.63) is 60.4 Å². The van der Waals surface area contributed by atoms with Gasteiger partial charge in [-0.25, -0.2) is 4.98 Å². The second-order valence-electron chi connectivity index (χ2n) is 3.85. The molecule has 3 rings (SSSR count). The highest BCUT2D eigenvalue weighted by atomic mass is 14.8. The van der Waals surface area contributed by atoms with Crippen LogP contribution in [0.3, 0.4) is 0 Å². The van der Waals surface area contributed by atoms with Gasteiger partial charge in [0.25, 0.3) is 0 Å². The molecule has 3 aromatic rings. The van der Waals surface area contributed by atoms with E-state index in [9.17, 15) is 0 Å². The summed E-state index contributed by atoms with van der Waals surface area (Å²) in [6, 6.07) is 7.86. The minimum Gasteiger partial charge on any atom is -0.261 e. The van der Waals surface area contributed by atoms with E-state index in [1.165, 1.54) is 0 Å². The van der Waals surface area contributed by atoms with E-state index in [2.05, 4.69) is 19.9 Å². The summed E-state index contributed by atoms with van der Waals surface area (Å²) in [5.41, 5.74) is 3.84. The Balaban J connectivity index is 0.000000356. The highest BCUT2D eigenvalue weighted by molar-refractivity contribution is 5.73. The molecule has 0 fully saturated rings. The number of hydrogen-bond acceptors (Lipinski definition) is 4. The number of para-hydroxylation sites is 2. The highest BCUT2D eigenvalue weighted by Gasteiger charge is 1.92. The van der Waals surface area contributed by atoms with E-state index >= 15 is 0 Å². The van der Waals surface area contributed by atoms with Crippen molar-refractivity contribution < 1.29 is 0 Å². The Morgan fingerprint density at radius 2 is 1.45 bits per heavy atom. The van der Waals surface area contributed by atoms with Crippen LogP contribution in [0, 0.1) is 13.8 Å². The van der Waals surface area contributed by atoms with Crippen molar-refractivity contribution in [3.8, 4) is 0 Å². The largest absolute Gasteiger partial charge is 0.261 e. The maximum Gasteiger partial charge on any atom is 0.0889 e. The maximum absolute atomic E-state index is 4.31. The summed E-state index contributed by atoms with van der Waals surface area (Å²) in [6.07, 6.45) is 6.84. The first-order valence-electron chi connectivity index (χ1n) is 5.67. The van der Waals surface area contributed by atoms with Crippen molar-refractivity contribution in [2.24, 2.45) is 0 Å². The summed E-state index contributed by atoms with van der Waals surface area (Å²) in [6.45, 7) is 3.85. The van der Waals surface area contributed by atoms with E-state index in [0.29, 0.717) is 0 Å². The van der Waals surface area contributed by atoms with Gasteiger partial charge in [-0.05, 0) is 26.0 Å². The molecule has 0 amide bonds. The lowest BCUT2D eigenvalue weighted by Crippen LogP contribution is -1.85. The first kappa shape index (κ1) is 17.6. The van der Waals surface area contributed by atoms with E-state index in [1.807, 2.05) is 38.1 Å². The summed E-state index contributed by atoms with van der Waals surface area (Å²) in [5, 5.41) is 0. The number of aryl methyl sites for hydroxylation is 2. The van der Waals surface area contributed by atoms with Gasteiger partial charge in [-0.2, -0.15) is 0 Å². The molecule has 0 saturated carbocycles. The number of rotatable bonds is 0. The van der Waals surface area contributed by atoms with Crippen LogP contribution in [0.1, 0.15) is 26.2 Å². The molecule has 0 spiro atoms. The van der Waals surface area contributed by atoms with E-state index < -0.39 is 0 Å². The number of aromatic nitrogens is 4. The fourth-order valence-electron chi connectivity index (χ4n) is 1.42. The molecule has 4 nitrogen and oxygen atoms in total. The van der Waals surface area contributed by atoms with Crippen LogP contribution in [0.5, 0.6) is 0 Å². The number of benzene rings is 1. The van der Waals surface area contributed by atoms with Gasteiger partial charge < -0.3 is 0 Å². The molecule has 20 heavy (non-hydrogen) atoms. The predicted octanol–water partition coefficient (Wildman–Crippen LogP) is 4.00. The monoisotopic (exact) mass is 270 g/mol. The minimum atomic E-state index is 0. The van der Waals surface area contributed by atoms with Gasteiger partial charge >= 0.3 is 0 Å². The topological polar surface area (TPSA) is 51.6 Å². The molecule has 2 heterocycles. The van der Waals surface area contributed by atoms with Crippen LogP contribution < -0.4 is 0 Å². The van der Waals surface area contributed by atoms with Crippen molar-refractivity contribution >= 4 is 11.0 Å². The molecule has 4 heteroatoms. The van der Waals surface area contributed by atoms with E-state index in [1.54, 1.807) is 24.8 Å². The Hall–Kier alpha value is -2.36. The third-order valence-corrected chi connectivity index (χ3v) is 2.26. The summed E-state index contributed by atoms with van der Waals surface area (Å²) in [5.74, 6) is 0. The summed E-state index contributed by atoms with van der Waals surface area (Å²) in [7, 11) is 0. The lowest BCUT2D eigenvalue weighted by atomic mass is 10.3. The van der Waals surface area contributed by atoms with E-state index in [0.717, 1.165) is 22.4 Å². The van der Waals surface area contributed by atoms with Crippen molar-refractivity contribution in [2.45, 2.75) is 28.7 Å². The van der Waals surface area contributed by atoms with Crippen molar-refractivity contribution in [3.63, 3.8) is 0 Å². The second-order valence-corrected chi connectivity index (χ2v) is 3.85. The zero-order chi connectivity index (χ0) is 12.8. The molecule has 106 valence electrons. The third kappa shape index (κ3) is 5.10. The predicted molar refractivity (Wildman–Crippen MR) is 84.5 cm³/mol. The van der Waals surface area contributed by atoms with Crippen LogP contribution >= 0.6 is 0 Å². The molecule has 0 aliphatic rings. The number of hydrogen-bond donors (Lipinski definition) is 0. The SMILES string of the molecule is C.C.Cc1cnc2ccccc2n1.Cc1cnccn1. The molecule has 0 saturated heterocycles. The van der Waals surface area contributed by atoms with Crippen LogP contribution in [0.25, 0.3) is 11.0 Å². The fraction of sp³-hybridized carbons (Fsp3) is 0.250. The summed E-state index contributed by atoms with van der Waals surface area (Å²) < 4.78 is 0. The molecule has 0 N–H and O–H groups in total. The average molecular weight is 270 g/mol. The maximum atomic E-state index is 4.31. The summed E-state index contributed by atoms with van der Waals surface area (Å²) >= 11 is 0. The molecule has 0 aliphatic heterocycles. The van der Waals surface area contributed by atoms with Crippen molar-refractivity contribution in [2.75, 3.05) is 0 Å². The van der Waals surface area contributed by atoms with Crippen molar-refractivity contribution in [1.82, 2.24) is 19.9 Å². The third-order valence-electron chi connectivity index (χ3n) is 2.26. The van der Waals surface area contributed by atoms with Crippen LogP contribution in [0.2, 0.25) is 0 Å². The standard InChI is InChI=1S/C9H8N2.C5H6N2.2CH4/c1-7-6-10-8-4-2-3-5-9(8)11-7;1-5-4-6-2-3-7-5;;/h2-6H,1H3;2-4H,1H3;2*1H4. The Morgan fingerprint density at radius 1 is 0.750 bits per heavy atom. The fourth-order valence-corrected chi connectivity index (χ4v) is 1.42. The minimum absolute atomic E-state index is 0. The van der Waals surface area contributed by atoms with Gasteiger partial charge in [-0.3, -0.25) is 15.0 Å². The van der Waals surface area contributed by atoms with Gasteiger partial charge in [0.05, 0.1) is 22.4 Å². The van der Waals surface area contributed by atoms with E-state index in [-0.39, 0.29) is 14.9 Å². The van der Waals surface area contributed by atoms with Crippen LogP contribution in [-0.2, 0) is 0 Å². The van der Waals surface area contributed by atoms with Crippen LogP contribution in [0.4, 0.5) is 0 Å². The van der Waals surface area contributed by atoms with Crippen molar-refractivity contribution in [1.29, 1.82) is 0 Å². The molecule has 0 atom stereocenters. The van der Waals surface area contributed by atoms with Gasteiger partial charge in [0.2, 0.25) is 0 Å².